The Morgan fingerprint density at radius 2 is 2.00 bits per heavy atom. The van der Waals surface area contributed by atoms with Crippen LogP contribution in [0.5, 0.6) is 0 Å². The fourth-order valence-electron chi connectivity index (χ4n) is 4.29. The molecule has 3 fully saturated rings. The first kappa shape index (κ1) is 14.3. The minimum Gasteiger partial charge on any atom is -0.340 e. The number of hydrogen-bond donors (Lipinski definition) is 1. The second-order valence-corrected chi connectivity index (χ2v) is 6.76. The van der Waals surface area contributed by atoms with Crippen LogP contribution in [0.4, 0.5) is 0 Å². The van der Waals surface area contributed by atoms with Crippen LogP contribution in [0.25, 0.3) is 0 Å². The van der Waals surface area contributed by atoms with Gasteiger partial charge in [-0.2, -0.15) is 0 Å². The second-order valence-electron chi connectivity index (χ2n) is 6.76. The quantitative estimate of drug-likeness (QED) is 0.852. The lowest BCUT2D eigenvalue weighted by Gasteiger charge is -2.41. The van der Waals surface area contributed by atoms with Crippen LogP contribution in [-0.4, -0.2) is 60.0 Å². The van der Waals surface area contributed by atoms with Crippen LogP contribution in [0.2, 0.25) is 0 Å². The Hall–Kier alpha value is -0.610. The molecule has 0 aromatic rings. The minimum absolute atomic E-state index is 0.243. The zero-order valence-electron chi connectivity index (χ0n) is 12.9. The summed E-state index contributed by atoms with van der Waals surface area (Å²) in [5.41, 5.74) is -0.243. The summed E-state index contributed by atoms with van der Waals surface area (Å²) in [6.45, 7) is 7.56. The highest BCUT2D eigenvalue weighted by Gasteiger charge is 2.43. The third kappa shape index (κ3) is 2.60. The van der Waals surface area contributed by atoms with Gasteiger partial charge in [-0.15, -0.1) is 0 Å². The number of likely N-dealkylation sites (tertiary alicyclic amines) is 2. The number of rotatable bonds is 3. The summed E-state index contributed by atoms with van der Waals surface area (Å²) >= 11 is 0. The van der Waals surface area contributed by atoms with Crippen molar-refractivity contribution in [2.75, 3.05) is 32.7 Å². The summed E-state index contributed by atoms with van der Waals surface area (Å²) in [7, 11) is 0. The van der Waals surface area contributed by atoms with E-state index in [0.29, 0.717) is 11.9 Å². The average molecular weight is 279 g/mol. The Kier molecular flexibility index (Phi) is 4.32. The van der Waals surface area contributed by atoms with Gasteiger partial charge in [0.25, 0.3) is 0 Å². The monoisotopic (exact) mass is 279 g/mol. The van der Waals surface area contributed by atoms with Gasteiger partial charge in [-0.3, -0.25) is 9.69 Å². The molecule has 0 bridgehead atoms. The van der Waals surface area contributed by atoms with E-state index in [0.717, 1.165) is 38.9 Å². The van der Waals surface area contributed by atoms with Crippen molar-refractivity contribution in [3.63, 3.8) is 0 Å². The highest BCUT2D eigenvalue weighted by Crippen LogP contribution is 2.28. The van der Waals surface area contributed by atoms with E-state index in [4.69, 9.17) is 0 Å². The smallest absolute Gasteiger partial charge is 0.242 e. The fourth-order valence-corrected chi connectivity index (χ4v) is 4.29. The molecule has 3 aliphatic heterocycles. The molecule has 3 heterocycles. The van der Waals surface area contributed by atoms with E-state index in [1.807, 2.05) is 0 Å². The van der Waals surface area contributed by atoms with Crippen LogP contribution < -0.4 is 5.32 Å². The normalized spacial score (nSPS) is 35.6. The van der Waals surface area contributed by atoms with Crippen molar-refractivity contribution in [2.24, 2.45) is 0 Å². The SMILES string of the molecule is CCC1(C(=O)N2CCCC(N3CCCC3)C2)CCCN1. The van der Waals surface area contributed by atoms with Gasteiger partial charge in [0.2, 0.25) is 5.91 Å². The van der Waals surface area contributed by atoms with E-state index in [2.05, 4.69) is 22.0 Å². The summed E-state index contributed by atoms with van der Waals surface area (Å²) in [5, 5.41) is 3.50. The van der Waals surface area contributed by atoms with Crippen LogP contribution in [0.1, 0.15) is 51.9 Å². The van der Waals surface area contributed by atoms with Crippen LogP contribution in [0.3, 0.4) is 0 Å². The first-order valence-electron chi connectivity index (χ1n) is 8.54. The minimum atomic E-state index is -0.243. The number of nitrogens with one attached hydrogen (secondary N) is 1. The molecule has 0 aliphatic carbocycles. The molecule has 0 spiro atoms. The number of hydrogen-bond acceptors (Lipinski definition) is 3. The number of nitrogens with zero attached hydrogens (tertiary/aromatic N) is 2. The van der Waals surface area contributed by atoms with Crippen molar-refractivity contribution >= 4 is 5.91 Å². The summed E-state index contributed by atoms with van der Waals surface area (Å²) in [6, 6.07) is 0.616. The van der Waals surface area contributed by atoms with Gasteiger partial charge in [0.05, 0.1) is 5.54 Å². The summed E-state index contributed by atoms with van der Waals surface area (Å²) in [4.78, 5) is 17.7. The third-order valence-electron chi connectivity index (χ3n) is 5.60. The van der Waals surface area contributed by atoms with Gasteiger partial charge in [-0.05, 0) is 64.6 Å². The zero-order valence-corrected chi connectivity index (χ0v) is 12.9. The molecule has 2 unspecified atom stereocenters. The van der Waals surface area contributed by atoms with Gasteiger partial charge < -0.3 is 10.2 Å². The maximum absolute atomic E-state index is 13.0. The van der Waals surface area contributed by atoms with Crippen molar-refractivity contribution in [2.45, 2.75) is 63.5 Å². The van der Waals surface area contributed by atoms with E-state index < -0.39 is 0 Å². The summed E-state index contributed by atoms with van der Waals surface area (Å²) < 4.78 is 0. The van der Waals surface area contributed by atoms with Crippen molar-refractivity contribution in [1.29, 1.82) is 0 Å². The number of piperidine rings is 1. The molecule has 4 nitrogen and oxygen atoms in total. The molecule has 0 radical (unpaired) electrons. The Labute approximate surface area is 122 Å². The van der Waals surface area contributed by atoms with Gasteiger partial charge in [0.15, 0.2) is 0 Å². The first-order chi connectivity index (χ1) is 9.75. The Morgan fingerprint density at radius 1 is 1.20 bits per heavy atom. The molecule has 3 saturated heterocycles. The van der Waals surface area contributed by atoms with Crippen LogP contribution in [0.15, 0.2) is 0 Å². The van der Waals surface area contributed by atoms with Gasteiger partial charge in [-0.25, -0.2) is 0 Å². The molecule has 114 valence electrons. The van der Waals surface area contributed by atoms with Crippen molar-refractivity contribution in [1.82, 2.24) is 15.1 Å². The molecule has 20 heavy (non-hydrogen) atoms. The van der Waals surface area contributed by atoms with Crippen LogP contribution in [-0.2, 0) is 4.79 Å². The average Bonchev–Trinajstić information content (AvgIpc) is 3.18. The number of carbonyl (C=O) groups excluding carboxylic acids is 1. The van der Waals surface area contributed by atoms with E-state index in [9.17, 15) is 4.79 Å². The van der Waals surface area contributed by atoms with E-state index >= 15 is 0 Å². The molecule has 0 aromatic heterocycles. The van der Waals surface area contributed by atoms with Gasteiger partial charge in [0.1, 0.15) is 0 Å². The Balaban J connectivity index is 1.65. The predicted molar refractivity (Wildman–Crippen MR) is 80.7 cm³/mol. The molecule has 3 aliphatic rings. The van der Waals surface area contributed by atoms with Gasteiger partial charge in [0, 0.05) is 19.1 Å². The van der Waals surface area contributed by atoms with E-state index in [-0.39, 0.29) is 5.54 Å². The molecule has 4 heteroatoms. The lowest BCUT2D eigenvalue weighted by Crippen LogP contribution is -2.58. The Bertz CT molecular complexity index is 346. The fraction of sp³-hybridized carbons (Fsp3) is 0.938. The molecule has 2 atom stereocenters. The first-order valence-corrected chi connectivity index (χ1v) is 8.54. The highest BCUT2D eigenvalue weighted by molar-refractivity contribution is 5.86. The predicted octanol–water partition coefficient (Wildman–Crippen LogP) is 1.61. The van der Waals surface area contributed by atoms with Gasteiger partial charge >= 0.3 is 0 Å². The molecular formula is C16H29N3O. The summed E-state index contributed by atoms with van der Waals surface area (Å²) in [6.07, 6.45) is 8.21. The second kappa shape index (κ2) is 6.02. The zero-order chi connectivity index (χ0) is 14.0. The largest absolute Gasteiger partial charge is 0.340 e. The van der Waals surface area contributed by atoms with Crippen LogP contribution >= 0.6 is 0 Å². The lowest BCUT2D eigenvalue weighted by atomic mass is 9.91. The van der Waals surface area contributed by atoms with E-state index in [1.165, 1.54) is 38.8 Å². The van der Waals surface area contributed by atoms with Crippen molar-refractivity contribution in [3.05, 3.63) is 0 Å². The van der Waals surface area contributed by atoms with Gasteiger partial charge in [-0.1, -0.05) is 6.92 Å². The molecule has 0 aromatic carbocycles. The number of amides is 1. The maximum atomic E-state index is 13.0. The topological polar surface area (TPSA) is 35.6 Å². The molecule has 0 saturated carbocycles. The standard InChI is InChI=1S/C16H29N3O/c1-2-16(8-6-9-17-16)15(20)19-12-5-7-14(13-19)18-10-3-4-11-18/h14,17H,2-13H2,1H3. The highest BCUT2D eigenvalue weighted by atomic mass is 16.2. The lowest BCUT2D eigenvalue weighted by molar-refractivity contribution is -0.140. The number of carbonyl (C=O) groups is 1. The van der Waals surface area contributed by atoms with E-state index in [1.54, 1.807) is 0 Å². The molecule has 3 rings (SSSR count). The van der Waals surface area contributed by atoms with Crippen LogP contribution in [0, 0.1) is 0 Å². The van der Waals surface area contributed by atoms with Crippen molar-refractivity contribution < 1.29 is 4.79 Å². The van der Waals surface area contributed by atoms with Crippen molar-refractivity contribution in [3.8, 4) is 0 Å². The third-order valence-corrected chi connectivity index (χ3v) is 5.60. The Morgan fingerprint density at radius 3 is 2.65 bits per heavy atom. The molecule has 1 N–H and O–H groups in total. The maximum Gasteiger partial charge on any atom is 0.242 e. The molecule has 1 amide bonds. The molecular weight excluding hydrogens is 250 g/mol. The summed E-state index contributed by atoms with van der Waals surface area (Å²) in [5.74, 6) is 0.376.